The average Bonchev–Trinajstić information content (AvgIpc) is 2.90. The summed E-state index contributed by atoms with van der Waals surface area (Å²) in [4.78, 5) is 11.5. The lowest BCUT2D eigenvalue weighted by Crippen LogP contribution is -2.45. The fourth-order valence-electron chi connectivity index (χ4n) is 6.10. The largest absolute Gasteiger partial charge is 0.504 e. The van der Waals surface area contributed by atoms with E-state index in [2.05, 4.69) is 13.0 Å². The van der Waals surface area contributed by atoms with E-state index >= 15 is 0 Å². The summed E-state index contributed by atoms with van der Waals surface area (Å²) in [5.41, 5.74) is 2.76. The molecular weight excluding hydrogens is 316 g/mol. The Balaban J connectivity index is 1.65. The molecule has 5 atom stereocenters. The first kappa shape index (κ1) is 16.7. The molecule has 1 aromatic rings. The van der Waals surface area contributed by atoms with Crippen LogP contribution >= 0.6 is 0 Å². The second kappa shape index (κ2) is 5.93. The van der Waals surface area contributed by atoms with Crippen LogP contribution in [-0.4, -0.2) is 24.3 Å². The lowest BCUT2D eigenvalue weighted by Gasteiger charge is -2.50. The van der Waals surface area contributed by atoms with Gasteiger partial charge >= 0.3 is 5.97 Å². The first-order chi connectivity index (χ1) is 11.9. The number of hydrogen-bond acceptors (Lipinski definition) is 4. The molecule has 2 fully saturated rings. The van der Waals surface area contributed by atoms with E-state index in [1.54, 1.807) is 7.11 Å². The number of phenols is 1. The SMILES string of the molecule is COc1cc2c(cc1O)CC[C@@H]1[C@@H]2CC[C@]2(C)C(OC(C)=O)CC[C@@H]12. The third-order valence-electron chi connectivity index (χ3n) is 7.25. The number of rotatable bonds is 2. The van der Waals surface area contributed by atoms with E-state index in [9.17, 15) is 9.90 Å². The molecule has 2 saturated carbocycles. The number of fused-ring (bicyclic) bond motifs is 5. The Kier molecular flexibility index (Phi) is 3.97. The maximum absolute atomic E-state index is 11.5. The highest BCUT2D eigenvalue weighted by Crippen LogP contribution is 2.62. The van der Waals surface area contributed by atoms with E-state index in [0.717, 1.165) is 38.5 Å². The molecule has 0 aromatic heterocycles. The summed E-state index contributed by atoms with van der Waals surface area (Å²) < 4.78 is 11.0. The van der Waals surface area contributed by atoms with Gasteiger partial charge in [0.1, 0.15) is 6.10 Å². The minimum Gasteiger partial charge on any atom is -0.504 e. The molecule has 1 aromatic carbocycles. The highest BCUT2D eigenvalue weighted by Gasteiger charge is 2.56. The Labute approximate surface area is 149 Å². The molecule has 0 amide bonds. The van der Waals surface area contributed by atoms with E-state index in [4.69, 9.17) is 9.47 Å². The van der Waals surface area contributed by atoms with E-state index in [1.807, 2.05) is 6.07 Å². The third-order valence-corrected chi connectivity index (χ3v) is 7.25. The molecule has 0 heterocycles. The lowest BCUT2D eigenvalue weighted by atomic mass is 9.55. The zero-order valence-electron chi connectivity index (χ0n) is 15.4. The van der Waals surface area contributed by atoms with Crippen LogP contribution in [0.3, 0.4) is 0 Å². The molecule has 25 heavy (non-hydrogen) atoms. The predicted molar refractivity (Wildman–Crippen MR) is 94.8 cm³/mol. The molecule has 3 aliphatic rings. The zero-order valence-corrected chi connectivity index (χ0v) is 15.4. The van der Waals surface area contributed by atoms with Gasteiger partial charge in [-0.05, 0) is 79.5 Å². The molecule has 1 unspecified atom stereocenters. The summed E-state index contributed by atoms with van der Waals surface area (Å²) in [7, 11) is 1.61. The minimum absolute atomic E-state index is 0.0756. The summed E-state index contributed by atoms with van der Waals surface area (Å²) in [5, 5.41) is 10.1. The molecule has 4 heteroatoms. The van der Waals surface area contributed by atoms with Crippen LogP contribution in [0.15, 0.2) is 12.1 Å². The smallest absolute Gasteiger partial charge is 0.302 e. The van der Waals surface area contributed by atoms with Crippen LogP contribution in [0.5, 0.6) is 11.5 Å². The van der Waals surface area contributed by atoms with Crippen molar-refractivity contribution in [1.29, 1.82) is 0 Å². The Bertz CT molecular complexity index is 697. The van der Waals surface area contributed by atoms with Crippen molar-refractivity contribution >= 4 is 5.97 Å². The maximum atomic E-state index is 11.5. The Morgan fingerprint density at radius 3 is 2.76 bits per heavy atom. The van der Waals surface area contributed by atoms with Gasteiger partial charge in [0, 0.05) is 12.3 Å². The van der Waals surface area contributed by atoms with Crippen LogP contribution in [0.25, 0.3) is 0 Å². The van der Waals surface area contributed by atoms with E-state index < -0.39 is 0 Å². The number of esters is 1. The number of carbonyl (C=O) groups excluding carboxylic acids is 1. The highest BCUT2D eigenvalue weighted by atomic mass is 16.5. The number of ether oxygens (including phenoxy) is 2. The van der Waals surface area contributed by atoms with Crippen molar-refractivity contribution in [2.75, 3.05) is 7.11 Å². The molecule has 1 N–H and O–H groups in total. The normalized spacial score (nSPS) is 36.1. The predicted octanol–water partition coefficient (Wildman–Crippen LogP) is 4.19. The number of phenolic OH excluding ortho intramolecular Hbond substituents is 1. The van der Waals surface area contributed by atoms with Crippen LogP contribution in [0.4, 0.5) is 0 Å². The lowest BCUT2D eigenvalue weighted by molar-refractivity contribution is -0.154. The molecule has 0 saturated heterocycles. The van der Waals surface area contributed by atoms with Crippen molar-refractivity contribution in [1.82, 2.24) is 0 Å². The Morgan fingerprint density at radius 2 is 2.04 bits per heavy atom. The number of hydrogen-bond donors (Lipinski definition) is 1. The molecule has 136 valence electrons. The molecule has 4 rings (SSSR count). The van der Waals surface area contributed by atoms with Gasteiger partial charge in [-0.15, -0.1) is 0 Å². The molecule has 0 aliphatic heterocycles. The van der Waals surface area contributed by atoms with Crippen molar-refractivity contribution in [3.63, 3.8) is 0 Å². The van der Waals surface area contributed by atoms with Crippen LogP contribution in [-0.2, 0) is 16.0 Å². The first-order valence-corrected chi connectivity index (χ1v) is 9.51. The quantitative estimate of drug-likeness (QED) is 0.818. The number of carbonyl (C=O) groups is 1. The van der Waals surface area contributed by atoms with Crippen LogP contribution < -0.4 is 4.74 Å². The molecule has 0 radical (unpaired) electrons. The fraction of sp³-hybridized carbons (Fsp3) is 0.667. The van der Waals surface area contributed by atoms with Gasteiger partial charge in [-0.1, -0.05) is 6.92 Å². The zero-order chi connectivity index (χ0) is 17.8. The van der Waals surface area contributed by atoms with Crippen molar-refractivity contribution < 1.29 is 19.4 Å². The number of benzene rings is 1. The first-order valence-electron chi connectivity index (χ1n) is 9.51. The second-order valence-corrected chi connectivity index (χ2v) is 8.36. The second-order valence-electron chi connectivity index (χ2n) is 8.36. The number of aromatic hydroxyl groups is 1. The third kappa shape index (κ3) is 2.52. The molecule has 0 spiro atoms. The summed E-state index contributed by atoms with van der Waals surface area (Å²) >= 11 is 0. The number of methoxy groups -OCH3 is 1. The van der Waals surface area contributed by atoms with E-state index in [1.165, 1.54) is 18.1 Å². The Hall–Kier alpha value is -1.71. The van der Waals surface area contributed by atoms with Crippen molar-refractivity contribution in [2.24, 2.45) is 17.3 Å². The maximum Gasteiger partial charge on any atom is 0.302 e. The van der Waals surface area contributed by atoms with Crippen molar-refractivity contribution in [3.05, 3.63) is 23.3 Å². The van der Waals surface area contributed by atoms with Crippen LogP contribution in [0.2, 0.25) is 0 Å². The average molecular weight is 344 g/mol. The van der Waals surface area contributed by atoms with Gasteiger partial charge in [0.2, 0.25) is 0 Å². The van der Waals surface area contributed by atoms with Gasteiger partial charge in [-0.25, -0.2) is 0 Å². The monoisotopic (exact) mass is 344 g/mol. The van der Waals surface area contributed by atoms with Crippen LogP contribution in [0.1, 0.15) is 63.0 Å². The van der Waals surface area contributed by atoms with Gasteiger partial charge in [-0.2, -0.15) is 0 Å². The number of aryl methyl sites for hydroxylation is 1. The van der Waals surface area contributed by atoms with Gasteiger partial charge in [0.15, 0.2) is 11.5 Å². The molecule has 3 aliphatic carbocycles. The van der Waals surface area contributed by atoms with Gasteiger partial charge in [0.05, 0.1) is 7.11 Å². The molecule has 4 nitrogen and oxygen atoms in total. The Morgan fingerprint density at radius 1 is 1.24 bits per heavy atom. The molecular formula is C21H28O4. The van der Waals surface area contributed by atoms with E-state index in [0.29, 0.717) is 23.5 Å². The topological polar surface area (TPSA) is 55.8 Å². The summed E-state index contributed by atoms with van der Waals surface area (Å²) in [5.74, 6) is 2.47. The summed E-state index contributed by atoms with van der Waals surface area (Å²) in [6.07, 6.45) is 6.62. The standard InChI is InChI=1S/C21H28O4/c1-12(22)25-20-7-6-17-15-5-4-13-10-18(23)19(24-3)11-16(13)14(15)8-9-21(17,20)2/h10-11,14-15,17,20,23H,4-9H2,1-3H3/t14-,15+,17-,20?,21-/m0/s1. The van der Waals surface area contributed by atoms with E-state index in [-0.39, 0.29) is 23.2 Å². The van der Waals surface area contributed by atoms with Crippen molar-refractivity contribution in [3.8, 4) is 11.5 Å². The van der Waals surface area contributed by atoms with Crippen molar-refractivity contribution in [2.45, 2.75) is 64.4 Å². The fourth-order valence-corrected chi connectivity index (χ4v) is 6.10. The van der Waals surface area contributed by atoms with Gasteiger partial charge in [-0.3, -0.25) is 4.79 Å². The van der Waals surface area contributed by atoms with Gasteiger partial charge < -0.3 is 14.6 Å². The van der Waals surface area contributed by atoms with Gasteiger partial charge in [0.25, 0.3) is 0 Å². The van der Waals surface area contributed by atoms with Crippen LogP contribution in [0, 0.1) is 17.3 Å². The molecule has 0 bridgehead atoms. The summed E-state index contributed by atoms with van der Waals surface area (Å²) in [6.45, 7) is 3.86. The highest BCUT2D eigenvalue weighted by molar-refractivity contribution is 5.66. The minimum atomic E-state index is -0.150. The summed E-state index contributed by atoms with van der Waals surface area (Å²) in [6, 6.07) is 3.96.